The average molecular weight is 531 g/mol. The molecule has 2 heterocycles. The molecule has 0 aliphatic carbocycles. The predicted octanol–water partition coefficient (Wildman–Crippen LogP) is 1.20. The van der Waals surface area contributed by atoms with Crippen molar-refractivity contribution in [2.45, 2.75) is 30.9 Å². The molecule has 0 radical (unpaired) electrons. The second-order valence-corrected chi connectivity index (χ2v) is 11.5. The molecule has 1 atom stereocenters. The standard InChI is InChI=1S/C26H34N4O6S/c1-37(34,35)30-19-26(21-9-5-6-10-23(21)30)11-14-29(15-12-26)24(32)22(28-25(33)27-13-16-31)18-36-17-20-7-3-2-4-8-20/h2-10,22,31H,11-19H2,1H3,(H2,27,28,33)/t22-/m1/s1. The molecule has 200 valence electrons. The molecular weight excluding hydrogens is 496 g/mol. The molecule has 1 saturated heterocycles. The van der Waals surface area contributed by atoms with Gasteiger partial charge in [0.05, 0.1) is 31.8 Å². The summed E-state index contributed by atoms with van der Waals surface area (Å²) >= 11 is 0. The number of ether oxygens (including phenoxy) is 1. The quantitative estimate of drug-likeness (QED) is 0.447. The number of nitrogens with zero attached hydrogens (tertiary/aromatic N) is 2. The van der Waals surface area contributed by atoms with Crippen molar-refractivity contribution in [3.8, 4) is 0 Å². The number of fused-ring (bicyclic) bond motifs is 2. The van der Waals surface area contributed by atoms with E-state index in [1.807, 2.05) is 54.6 Å². The number of amides is 3. The lowest BCUT2D eigenvalue weighted by Crippen LogP contribution is -2.56. The van der Waals surface area contributed by atoms with Gasteiger partial charge < -0.3 is 25.4 Å². The zero-order chi connectivity index (χ0) is 26.5. The molecule has 2 aromatic carbocycles. The Morgan fingerprint density at radius 2 is 1.76 bits per heavy atom. The SMILES string of the molecule is CS(=O)(=O)N1CC2(CCN(C(=O)[C@@H](COCc3ccccc3)NC(=O)NCCO)CC2)c2ccccc21. The van der Waals surface area contributed by atoms with Crippen LogP contribution in [0.5, 0.6) is 0 Å². The van der Waals surface area contributed by atoms with E-state index in [9.17, 15) is 18.0 Å². The Bertz CT molecular complexity index is 1200. The number of benzene rings is 2. The van der Waals surface area contributed by atoms with Gasteiger partial charge in [-0.2, -0.15) is 0 Å². The van der Waals surface area contributed by atoms with Gasteiger partial charge in [-0.3, -0.25) is 9.10 Å². The highest BCUT2D eigenvalue weighted by atomic mass is 32.2. The lowest BCUT2D eigenvalue weighted by Gasteiger charge is -2.40. The number of aliphatic hydroxyl groups excluding tert-OH is 1. The van der Waals surface area contributed by atoms with Crippen molar-refractivity contribution in [2.24, 2.45) is 0 Å². The first kappa shape index (κ1) is 26.9. The van der Waals surface area contributed by atoms with Crippen LogP contribution in [0.1, 0.15) is 24.0 Å². The number of para-hydroxylation sites is 1. The van der Waals surface area contributed by atoms with Crippen molar-refractivity contribution in [1.29, 1.82) is 0 Å². The molecule has 2 aromatic rings. The average Bonchev–Trinajstić information content (AvgIpc) is 3.22. The van der Waals surface area contributed by atoms with E-state index in [4.69, 9.17) is 9.84 Å². The summed E-state index contributed by atoms with van der Waals surface area (Å²) in [6.45, 7) is 1.37. The van der Waals surface area contributed by atoms with Gasteiger partial charge in [-0.1, -0.05) is 48.5 Å². The number of sulfonamides is 1. The summed E-state index contributed by atoms with van der Waals surface area (Å²) in [5.41, 5.74) is 2.30. The highest BCUT2D eigenvalue weighted by Crippen LogP contribution is 2.47. The van der Waals surface area contributed by atoms with Gasteiger partial charge in [0.25, 0.3) is 0 Å². The Labute approximate surface area is 217 Å². The predicted molar refractivity (Wildman–Crippen MR) is 140 cm³/mol. The molecular formula is C26H34N4O6S. The number of piperidine rings is 1. The van der Waals surface area contributed by atoms with Gasteiger partial charge in [0, 0.05) is 31.6 Å². The largest absolute Gasteiger partial charge is 0.395 e. The number of anilines is 1. The number of hydrogen-bond donors (Lipinski definition) is 3. The molecule has 3 amide bonds. The molecule has 0 saturated carbocycles. The number of urea groups is 1. The minimum atomic E-state index is -3.43. The van der Waals surface area contributed by atoms with E-state index in [1.165, 1.54) is 10.6 Å². The number of aliphatic hydroxyl groups is 1. The van der Waals surface area contributed by atoms with Crippen molar-refractivity contribution in [3.05, 3.63) is 65.7 Å². The van der Waals surface area contributed by atoms with E-state index in [2.05, 4.69) is 10.6 Å². The van der Waals surface area contributed by atoms with Crippen LogP contribution in [-0.2, 0) is 31.6 Å². The first-order valence-corrected chi connectivity index (χ1v) is 14.2. The fourth-order valence-electron chi connectivity index (χ4n) is 5.11. The molecule has 1 fully saturated rings. The number of nitrogens with one attached hydrogen (secondary N) is 2. The zero-order valence-electron chi connectivity index (χ0n) is 20.9. The van der Waals surface area contributed by atoms with Crippen LogP contribution in [0.4, 0.5) is 10.5 Å². The van der Waals surface area contributed by atoms with Crippen LogP contribution in [0.25, 0.3) is 0 Å². The number of rotatable bonds is 9. The molecule has 4 rings (SSSR count). The van der Waals surface area contributed by atoms with Crippen LogP contribution >= 0.6 is 0 Å². The van der Waals surface area contributed by atoms with Gasteiger partial charge in [0.15, 0.2) is 0 Å². The Balaban J connectivity index is 1.43. The van der Waals surface area contributed by atoms with Gasteiger partial charge >= 0.3 is 6.03 Å². The van der Waals surface area contributed by atoms with Crippen molar-refractivity contribution < 1.29 is 27.9 Å². The lowest BCUT2D eigenvalue weighted by atomic mass is 9.74. The summed E-state index contributed by atoms with van der Waals surface area (Å²) < 4.78 is 32.1. The smallest absolute Gasteiger partial charge is 0.315 e. The summed E-state index contributed by atoms with van der Waals surface area (Å²) in [4.78, 5) is 27.5. The second-order valence-electron chi connectivity index (χ2n) is 9.57. The normalized spacial score (nSPS) is 17.4. The fraction of sp³-hybridized carbons (Fsp3) is 0.462. The van der Waals surface area contributed by atoms with E-state index >= 15 is 0 Å². The summed E-state index contributed by atoms with van der Waals surface area (Å²) in [6, 6.07) is 15.6. The molecule has 10 nitrogen and oxygen atoms in total. The van der Waals surface area contributed by atoms with E-state index in [0.717, 1.165) is 11.1 Å². The van der Waals surface area contributed by atoms with Crippen LogP contribution in [0, 0.1) is 0 Å². The Morgan fingerprint density at radius 3 is 2.43 bits per heavy atom. The molecule has 1 spiro atoms. The topological polar surface area (TPSA) is 128 Å². The van der Waals surface area contributed by atoms with Crippen LogP contribution in [0.3, 0.4) is 0 Å². The maximum atomic E-state index is 13.5. The van der Waals surface area contributed by atoms with E-state index in [1.54, 1.807) is 4.90 Å². The fourth-order valence-corrected chi connectivity index (χ4v) is 6.10. The Hall–Kier alpha value is -3.15. The molecule has 11 heteroatoms. The summed E-state index contributed by atoms with van der Waals surface area (Å²) in [6.07, 6.45) is 2.43. The third-order valence-electron chi connectivity index (χ3n) is 7.02. The maximum absolute atomic E-state index is 13.5. The summed E-state index contributed by atoms with van der Waals surface area (Å²) in [7, 11) is -3.43. The van der Waals surface area contributed by atoms with Crippen LogP contribution in [-0.4, -0.2) is 82.1 Å². The van der Waals surface area contributed by atoms with E-state index < -0.39 is 22.1 Å². The first-order valence-electron chi connectivity index (χ1n) is 12.4. The molecule has 37 heavy (non-hydrogen) atoms. The molecule has 0 unspecified atom stereocenters. The minimum absolute atomic E-state index is 0.00734. The number of carbonyl (C=O) groups excluding carboxylic acids is 2. The van der Waals surface area contributed by atoms with Crippen molar-refractivity contribution >= 4 is 27.6 Å². The molecule has 3 N–H and O–H groups in total. The van der Waals surface area contributed by atoms with Crippen molar-refractivity contribution in [3.63, 3.8) is 0 Å². The molecule has 0 aromatic heterocycles. The highest BCUT2D eigenvalue weighted by Gasteiger charge is 2.47. The van der Waals surface area contributed by atoms with Crippen molar-refractivity contribution in [2.75, 3.05) is 50.0 Å². The monoisotopic (exact) mass is 530 g/mol. The Morgan fingerprint density at radius 1 is 1.08 bits per heavy atom. The summed E-state index contributed by atoms with van der Waals surface area (Å²) in [5.74, 6) is -0.256. The lowest BCUT2D eigenvalue weighted by molar-refractivity contribution is -0.136. The first-order chi connectivity index (χ1) is 17.7. The van der Waals surface area contributed by atoms with Crippen LogP contribution < -0.4 is 14.9 Å². The zero-order valence-corrected chi connectivity index (χ0v) is 21.7. The Kier molecular flexibility index (Phi) is 8.35. The molecule has 2 aliphatic heterocycles. The third kappa shape index (κ3) is 6.23. The van der Waals surface area contributed by atoms with Gasteiger partial charge in [0.1, 0.15) is 6.04 Å². The van der Waals surface area contributed by atoms with Gasteiger partial charge in [0.2, 0.25) is 15.9 Å². The number of carbonyl (C=O) groups is 2. The van der Waals surface area contributed by atoms with E-state index in [-0.39, 0.29) is 31.1 Å². The number of hydrogen-bond acceptors (Lipinski definition) is 6. The van der Waals surface area contributed by atoms with Gasteiger partial charge in [-0.15, -0.1) is 0 Å². The van der Waals surface area contributed by atoms with Crippen LogP contribution in [0.2, 0.25) is 0 Å². The van der Waals surface area contributed by atoms with Gasteiger partial charge in [-0.05, 0) is 30.0 Å². The molecule has 2 aliphatic rings. The highest BCUT2D eigenvalue weighted by molar-refractivity contribution is 7.92. The molecule has 0 bridgehead atoms. The van der Waals surface area contributed by atoms with Crippen molar-refractivity contribution in [1.82, 2.24) is 15.5 Å². The van der Waals surface area contributed by atoms with Gasteiger partial charge in [-0.25, -0.2) is 13.2 Å². The van der Waals surface area contributed by atoms with E-state index in [0.29, 0.717) is 44.8 Å². The summed E-state index contributed by atoms with van der Waals surface area (Å²) in [5, 5.41) is 14.2. The maximum Gasteiger partial charge on any atom is 0.315 e. The second kappa shape index (κ2) is 11.5. The minimum Gasteiger partial charge on any atom is -0.395 e. The third-order valence-corrected chi connectivity index (χ3v) is 8.15. The number of likely N-dealkylation sites (tertiary alicyclic amines) is 1. The van der Waals surface area contributed by atoms with Crippen LogP contribution in [0.15, 0.2) is 54.6 Å².